The van der Waals surface area contributed by atoms with Gasteiger partial charge in [-0.25, -0.2) is 13.2 Å². The summed E-state index contributed by atoms with van der Waals surface area (Å²) in [5.74, 6) is -0.844. The first-order valence-electron chi connectivity index (χ1n) is 9.85. The number of nitrogens with zero attached hydrogens (tertiary/aromatic N) is 2. The Hall–Kier alpha value is -2.91. The van der Waals surface area contributed by atoms with Crippen molar-refractivity contribution in [3.8, 4) is 0 Å². The van der Waals surface area contributed by atoms with Crippen molar-refractivity contribution in [2.24, 2.45) is 0 Å². The van der Waals surface area contributed by atoms with Gasteiger partial charge in [-0.05, 0) is 43.5 Å². The summed E-state index contributed by atoms with van der Waals surface area (Å²) in [5, 5.41) is 2.83. The van der Waals surface area contributed by atoms with E-state index < -0.39 is 15.8 Å². The number of hydrogen-bond donors (Lipinski definition) is 1. The Kier molecular flexibility index (Phi) is 5.48. The van der Waals surface area contributed by atoms with Gasteiger partial charge >= 0.3 is 5.76 Å². The standard InChI is InChI=1S/C21H23N3O5S/c1-15-6-2-3-7-17(15)22-20(25)10-13-24-18-9-8-16(14-19(18)29-21(24)26)30(27,28)23-11-4-5-12-23/h2-3,6-9,14H,4-5,10-13H2,1H3,(H,22,25). The molecule has 1 aliphatic heterocycles. The fourth-order valence-corrected chi connectivity index (χ4v) is 5.17. The first-order chi connectivity index (χ1) is 14.4. The lowest BCUT2D eigenvalue weighted by Gasteiger charge is -2.15. The van der Waals surface area contributed by atoms with E-state index in [1.165, 1.54) is 21.0 Å². The summed E-state index contributed by atoms with van der Waals surface area (Å²) in [6.07, 6.45) is 1.77. The first-order valence-corrected chi connectivity index (χ1v) is 11.3. The third-order valence-electron chi connectivity index (χ3n) is 5.32. The maximum atomic E-state index is 12.7. The highest BCUT2D eigenvalue weighted by atomic mass is 32.2. The average Bonchev–Trinajstić information content (AvgIpc) is 3.36. The van der Waals surface area contributed by atoms with Gasteiger partial charge in [-0.1, -0.05) is 18.2 Å². The summed E-state index contributed by atoms with van der Waals surface area (Å²) in [4.78, 5) is 24.7. The number of carbonyl (C=O) groups excluding carboxylic acids is 1. The SMILES string of the molecule is Cc1ccccc1NC(=O)CCn1c(=O)oc2cc(S(=O)(=O)N3CCCC3)ccc21. The molecule has 1 N–H and O–H groups in total. The van der Waals surface area contributed by atoms with Crippen LogP contribution in [0.15, 0.2) is 56.6 Å². The third kappa shape index (κ3) is 3.90. The van der Waals surface area contributed by atoms with E-state index in [1.807, 2.05) is 31.2 Å². The van der Waals surface area contributed by atoms with Crippen molar-refractivity contribution in [3.63, 3.8) is 0 Å². The molecule has 0 saturated carbocycles. The predicted octanol–water partition coefficient (Wildman–Crippen LogP) is 2.72. The number of nitrogens with one attached hydrogen (secondary N) is 1. The van der Waals surface area contributed by atoms with E-state index in [0.29, 0.717) is 18.6 Å². The first kappa shape index (κ1) is 20.4. The minimum atomic E-state index is -3.60. The quantitative estimate of drug-likeness (QED) is 0.649. The lowest BCUT2D eigenvalue weighted by molar-refractivity contribution is -0.116. The fourth-order valence-electron chi connectivity index (χ4n) is 3.64. The van der Waals surface area contributed by atoms with Crippen molar-refractivity contribution >= 4 is 32.7 Å². The monoisotopic (exact) mass is 429 g/mol. The Bertz CT molecular complexity index is 1250. The summed E-state index contributed by atoms with van der Waals surface area (Å²) in [5.41, 5.74) is 2.33. The van der Waals surface area contributed by atoms with E-state index in [9.17, 15) is 18.0 Å². The molecule has 1 aromatic heterocycles. The molecule has 3 aromatic rings. The molecule has 2 heterocycles. The Morgan fingerprint density at radius 1 is 1.13 bits per heavy atom. The number of hydrogen-bond acceptors (Lipinski definition) is 5. The van der Waals surface area contributed by atoms with Gasteiger partial charge in [-0.2, -0.15) is 4.31 Å². The van der Waals surface area contributed by atoms with Gasteiger partial charge in [-0.15, -0.1) is 0 Å². The topological polar surface area (TPSA) is 102 Å². The Morgan fingerprint density at radius 2 is 1.87 bits per heavy atom. The summed E-state index contributed by atoms with van der Waals surface area (Å²) in [6, 6.07) is 11.9. The second kappa shape index (κ2) is 8.08. The van der Waals surface area contributed by atoms with Crippen LogP contribution in [0.25, 0.3) is 11.1 Å². The zero-order chi connectivity index (χ0) is 21.3. The molecule has 9 heteroatoms. The lowest BCUT2D eigenvalue weighted by Crippen LogP contribution is -2.27. The molecule has 4 rings (SSSR count). The fraction of sp³-hybridized carbons (Fsp3) is 0.333. The molecule has 1 aliphatic rings. The van der Waals surface area contributed by atoms with Crippen LogP contribution in [0.3, 0.4) is 0 Å². The van der Waals surface area contributed by atoms with Gasteiger partial charge in [0.15, 0.2) is 5.58 Å². The van der Waals surface area contributed by atoms with Crippen LogP contribution in [0.2, 0.25) is 0 Å². The van der Waals surface area contributed by atoms with Crippen LogP contribution < -0.4 is 11.1 Å². The predicted molar refractivity (Wildman–Crippen MR) is 113 cm³/mol. The number of para-hydroxylation sites is 1. The number of oxazole rings is 1. The van der Waals surface area contributed by atoms with Crippen molar-refractivity contribution in [2.45, 2.75) is 37.6 Å². The van der Waals surface area contributed by atoms with E-state index in [0.717, 1.165) is 24.1 Å². The maximum Gasteiger partial charge on any atom is 0.419 e. The third-order valence-corrected chi connectivity index (χ3v) is 7.22. The maximum absolute atomic E-state index is 12.7. The van der Waals surface area contributed by atoms with E-state index >= 15 is 0 Å². The van der Waals surface area contributed by atoms with Crippen LogP contribution >= 0.6 is 0 Å². The number of amides is 1. The van der Waals surface area contributed by atoms with E-state index in [-0.39, 0.29) is 29.4 Å². The summed E-state index contributed by atoms with van der Waals surface area (Å²) >= 11 is 0. The molecular weight excluding hydrogens is 406 g/mol. The van der Waals surface area contributed by atoms with Crippen LogP contribution in [-0.4, -0.2) is 36.3 Å². The number of anilines is 1. The number of rotatable bonds is 6. The van der Waals surface area contributed by atoms with Gasteiger partial charge < -0.3 is 9.73 Å². The van der Waals surface area contributed by atoms with E-state index in [4.69, 9.17) is 4.42 Å². The highest BCUT2D eigenvalue weighted by Gasteiger charge is 2.28. The van der Waals surface area contributed by atoms with Crippen LogP contribution in [0, 0.1) is 6.92 Å². The van der Waals surface area contributed by atoms with Crippen LogP contribution in [0.5, 0.6) is 0 Å². The summed E-state index contributed by atoms with van der Waals surface area (Å²) in [6.45, 7) is 3.03. The molecule has 0 spiro atoms. The number of sulfonamides is 1. The lowest BCUT2D eigenvalue weighted by atomic mass is 10.2. The smallest absolute Gasteiger partial charge is 0.408 e. The minimum Gasteiger partial charge on any atom is -0.408 e. The number of aryl methyl sites for hydroxylation is 2. The molecule has 30 heavy (non-hydrogen) atoms. The van der Waals surface area contributed by atoms with Crippen molar-refractivity contribution in [1.82, 2.24) is 8.87 Å². The van der Waals surface area contributed by atoms with Crippen molar-refractivity contribution in [2.75, 3.05) is 18.4 Å². The van der Waals surface area contributed by atoms with Gasteiger partial charge in [0.05, 0.1) is 10.4 Å². The van der Waals surface area contributed by atoms with E-state index in [2.05, 4.69) is 5.32 Å². The molecular formula is C21H23N3O5S. The zero-order valence-electron chi connectivity index (χ0n) is 16.6. The molecule has 0 atom stereocenters. The highest BCUT2D eigenvalue weighted by molar-refractivity contribution is 7.89. The molecule has 8 nitrogen and oxygen atoms in total. The Labute approximate surface area is 174 Å². The highest BCUT2D eigenvalue weighted by Crippen LogP contribution is 2.24. The summed E-state index contributed by atoms with van der Waals surface area (Å²) < 4.78 is 33.5. The molecule has 0 bridgehead atoms. The van der Waals surface area contributed by atoms with E-state index in [1.54, 1.807) is 6.07 Å². The Morgan fingerprint density at radius 3 is 2.60 bits per heavy atom. The molecule has 158 valence electrons. The van der Waals surface area contributed by atoms with Gasteiger partial charge in [0, 0.05) is 37.8 Å². The van der Waals surface area contributed by atoms with Gasteiger partial charge in [-0.3, -0.25) is 9.36 Å². The van der Waals surface area contributed by atoms with Crippen molar-refractivity contribution in [1.29, 1.82) is 0 Å². The van der Waals surface area contributed by atoms with Crippen LogP contribution in [0.4, 0.5) is 5.69 Å². The molecule has 0 aliphatic carbocycles. The number of benzene rings is 2. The zero-order valence-corrected chi connectivity index (χ0v) is 17.4. The molecule has 0 radical (unpaired) electrons. The second-order valence-electron chi connectivity index (χ2n) is 7.37. The molecule has 0 unspecified atom stereocenters. The molecule has 1 amide bonds. The number of fused-ring (bicyclic) bond motifs is 1. The molecule has 1 saturated heterocycles. The number of carbonyl (C=O) groups is 1. The normalized spacial score (nSPS) is 15.0. The van der Waals surface area contributed by atoms with Crippen LogP contribution in [-0.2, 0) is 21.4 Å². The largest absolute Gasteiger partial charge is 0.419 e. The van der Waals surface area contributed by atoms with Crippen LogP contribution in [0.1, 0.15) is 24.8 Å². The molecule has 1 fully saturated rings. The summed E-state index contributed by atoms with van der Waals surface area (Å²) in [7, 11) is -3.60. The Balaban J connectivity index is 1.52. The number of aromatic nitrogens is 1. The van der Waals surface area contributed by atoms with Crippen molar-refractivity contribution < 1.29 is 17.6 Å². The molecule has 2 aromatic carbocycles. The average molecular weight is 429 g/mol. The van der Waals surface area contributed by atoms with Crippen molar-refractivity contribution in [3.05, 3.63) is 58.6 Å². The minimum absolute atomic E-state index is 0.0801. The van der Waals surface area contributed by atoms with Gasteiger partial charge in [0.25, 0.3) is 0 Å². The van der Waals surface area contributed by atoms with Gasteiger partial charge in [0.2, 0.25) is 15.9 Å². The van der Waals surface area contributed by atoms with Gasteiger partial charge in [0.1, 0.15) is 0 Å². The second-order valence-corrected chi connectivity index (χ2v) is 9.31.